The van der Waals surface area contributed by atoms with Crippen molar-refractivity contribution in [2.75, 3.05) is 26.8 Å². The van der Waals surface area contributed by atoms with Crippen molar-refractivity contribution >= 4 is 28.1 Å². The van der Waals surface area contributed by atoms with Crippen LogP contribution < -0.4 is 0 Å². The molecule has 4 rings (SSSR count). The summed E-state index contributed by atoms with van der Waals surface area (Å²) in [6.45, 7) is 2.51. The van der Waals surface area contributed by atoms with Crippen LogP contribution in [-0.4, -0.2) is 58.4 Å². The van der Waals surface area contributed by atoms with E-state index < -0.39 is 0 Å². The second-order valence-electron chi connectivity index (χ2n) is 6.79. The Balaban J connectivity index is 1.64. The zero-order chi connectivity index (χ0) is 18.8. The fraction of sp³-hybridized carbons (Fsp3) is 0.400. The summed E-state index contributed by atoms with van der Waals surface area (Å²) < 4.78 is 7.46. The van der Waals surface area contributed by atoms with E-state index in [0.717, 1.165) is 28.1 Å². The molecule has 0 bridgehead atoms. The standard InChI is InChI=1S/C20H23N3O3S/c1-26-11-10-23-17-5-3-2-4-14(17)12-18(23)19-21-16(13-27-19)20(25)22-8-6-15(24)7-9-22/h2-5,12-13,15,24H,6-11H2,1H3. The Hall–Kier alpha value is -2.22. The number of aliphatic hydroxyl groups is 1. The first-order valence-electron chi connectivity index (χ1n) is 9.18. The van der Waals surface area contributed by atoms with Gasteiger partial charge in [0.2, 0.25) is 0 Å². The van der Waals surface area contributed by atoms with E-state index in [1.54, 1.807) is 12.0 Å². The molecule has 0 aliphatic carbocycles. The lowest BCUT2D eigenvalue weighted by Crippen LogP contribution is -2.40. The number of amides is 1. The second kappa shape index (κ2) is 7.80. The van der Waals surface area contributed by atoms with E-state index in [2.05, 4.69) is 27.8 Å². The number of aromatic nitrogens is 2. The summed E-state index contributed by atoms with van der Waals surface area (Å²) >= 11 is 1.49. The quantitative estimate of drug-likeness (QED) is 0.733. The van der Waals surface area contributed by atoms with Gasteiger partial charge in [0, 0.05) is 43.0 Å². The number of hydrogen-bond acceptors (Lipinski definition) is 5. The highest BCUT2D eigenvalue weighted by molar-refractivity contribution is 7.13. The lowest BCUT2D eigenvalue weighted by atomic mass is 10.1. The van der Waals surface area contributed by atoms with E-state index in [4.69, 9.17) is 4.74 Å². The predicted octanol–water partition coefficient (Wildman–Crippen LogP) is 3.01. The molecule has 0 atom stereocenters. The molecule has 1 aliphatic heterocycles. The first-order chi connectivity index (χ1) is 13.2. The number of carbonyl (C=O) groups is 1. The van der Waals surface area contributed by atoms with Crippen LogP contribution in [0.4, 0.5) is 0 Å². The smallest absolute Gasteiger partial charge is 0.273 e. The van der Waals surface area contributed by atoms with Crippen molar-refractivity contribution in [2.24, 2.45) is 0 Å². The number of fused-ring (bicyclic) bond motifs is 1. The monoisotopic (exact) mass is 385 g/mol. The predicted molar refractivity (Wildman–Crippen MR) is 106 cm³/mol. The lowest BCUT2D eigenvalue weighted by molar-refractivity contribution is 0.0542. The molecule has 1 aromatic carbocycles. The van der Waals surface area contributed by atoms with Crippen LogP contribution in [0.25, 0.3) is 21.6 Å². The fourth-order valence-corrected chi connectivity index (χ4v) is 4.35. The summed E-state index contributed by atoms with van der Waals surface area (Å²) in [4.78, 5) is 19.2. The van der Waals surface area contributed by atoms with Crippen LogP contribution in [0.2, 0.25) is 0 Å². The first-order valence-corrected chi connectivity index (χ1v) is 10.1. The maximum absolute atomic E-state index is 12.7. The largest absolute Gasteiger partial charge is 0.393 e. The van der Waals surface area contributed by atoms with Crippen molar-refractivity contribution in [3.8, 4) is 10.7 Å². The highest BCUT2D eigenvalue weighted by Crippen LogP contribution is 2.31. The van der Waals surface area contributed by atoms with Crippen LogP contribution >= 0.6 is 11.3 Å². The molecule has 1 amide bonds. The number of rotatable bonds is 5. The molecule has 6 nitrogen and oxygen atoms in total. The maximum atomic E-state index is 12.7. The summed E-state index contributed by atoms with van der Waals surface area (Å²) in [6.07, 6.45) is 0.971. The van der Waals surface area contributed by atoms with E-state index in [9.17, 15) is 9.90 Å². The third kappa shape index (κ3) is 3.63. The van der Waals surface area contributed by atoms with Gasteiger partial charge in [-0.05, 0) is 25.0 Å². The molecule has 3 aromatic rings. The average Bonchev–Trinajstić information content (AvgIpc) is 3.31. The molecule has 0 radical (unpaired) electrons. The Bertz CT molecular complexity index is 941. The number of likely N-dealkylation sites (tertiary alicyclic amines) is 1. The molecule has 1 aliphatic rings. The van der Waals surface area contributed by atoms with Gasteiger partial charge >= 0.3 is 0 Å². The minimum atomic E-state index is -0.295. The van der Waals surface area contributed by atoms with Crippen LogP contribution in [0.15, 0.2) is 35.7 Å². The molecule has 1 N–H and O–H groups in total. The van der Waals surface area contributed by atoms with Crippen LogP contribution in [0, 0.1) is 0 Å². The van der Waals surface area contributed by atoms with Crippen molar-refractivity contribution in [1.29, 1.82) is 0 Å². The van der Waals surface area contributed by atoms with E-state index in [1.165, 1.54) is 11.3 Å². The number of aliphatic hydroxyl groups excluding tert-OH is 1. The van der Waals surface area contributed by atoms with Crippen molar-refractivity contribution in [1.82, 2.24) is 14.5 Å². The molecule has 142 valence electrons. The highest BCUT2D eigenvalue weighted by atomic mass is 32.1. The summed E-state index contributed by atoms with van der Waals surface area (Å²) in [5.74, 6) is -0.0519. The number of piperidine rings is 1. The highest BCUT2D eigenvalue weighted by Gasteiger charge is 2.24. The van der Waals surface area contributed by atoms with Gasteiger partial charge in [-0.2, -0.15) is 0 Å². The van der Waals surface area contributed by atoms with Gasteiger partial charge in [-0.3, -0.25) is 4.79 Å². The summed E-state index contributed by atoms with van der Waals surface area (Å²) in [5, 5.41) is 13.5. The maximum Gasteiger partial charge on any atom is 0.273 e. The molecule has 0 spiro atoms. The number of benzene rings is 1. The van der Waals surface area contributed by atoms with Crippen molar-refractivity contribution in [2.45, 2.75) is 25.5 Å². The summed E-state index contributed by atoms with van der Waals surface area (Å²) in [7, 11) is 1.70. The first kappa shape index (κ1) is 18.2. The van der Waals surface area contributed by atoms with Gasteiger partial charge < -0.3 is 19.3 Å². The Morgan fingerprint density at radius 2 is 2.11 bits per heavy atom. The Kier molecular flexibility index (Phi) is 5.24. The molecule has 0 unspecified atom stereocenters. The topological polar surface area (TPSA) is 67.6 Å². The van der Waals surface area contributed by atoms with Crippen LogP contribution in [0.1, 0.15) is 23.3 Å². The minimum Gasteiger partial charge on any atom is -0.393 e. The average molecular weight is 385 g/mol. The van der Waals surface area contributed by atoms with Gasteiger partial charge in [0.05, 0.1) is 18.4 Å². The van der Waals surface area contributed by atoms with E-state index in [-0.39, 0.29) is 12.0 Å². The van der Waals surface area contributed by atoms with Crippen LogP contribution in [-0.2, 0) is 11.3 Å². The molecule has 0 saturated carbocycles. The number of carbonyl (C=O) groups excluding carboxylic acids is 1. The lowest BCUT2D eigenvalue weighted by Gasteiger charge is -2.28. The number of thiazole rings is 1. The van der Waals surface area contributed by atoms with Gasteiger partial charge in [0.15, 0.2) is 0 Å². The molecular formula is C20H23N3O3S. The van der Waals surface area contributed by atoms with Crippen molar-refractivity contribution < 1.29 is 14.6 Å². The molecule has 2 aromatic heterocycles. The zero-order valence-corrected chi connectivity index (χ0v) is 16.1. The zero-order valence-electron chi connectivity index (χ0n) is 15.3. The molecule has 1 fully saturated rings. The van der Waals surface area contributed by atoms with Gasteiger partial charge in [-0.15, -0.1) is 11.3 Å². The van der Waals surface area contributed by atoms with Gasteiger partial charge in [0.25, 0.3) is 5.91 Å². The third-order valence-electron chi connectivity index (χ3n) is 5.02. The normalized spacial score (nSPS) is 15.6. The van der Waals surface area contributed by atoms with Crippen LogP contribution in [0.3, 0.4) is 0 Å². The van der Waals surface area contributed by atoms with E-state index in [0.29, 0.717) is 38.2 Å². The Morgan fingerprint density at radius 3 is 2.89 bits per heavy atom. The van der Waals surface area contributed by atoms with E-state index in [1.807, 2.05) is 17.5 Å². The van der Waals surface area contributed by atoms with Gasteiger partial charge in [0.1, 0.15) is 10.7 Å². The number of ether oxygens (including phenoxy) is 1. The minimum absolute atomic E-state index is 0.0519. The molecule has 3 heterocycles. The number of nitrogens with zero attached hydrogens (tertiary/aromatic N) is 3. The van der Waals surface area contributed by atoms with Crippen LogP contribution in [0.5, 0.6) is 0 Å². The second-order valence-corrected chi connectivity index (χ2v) is 7.65. The van der Waals surface area contributed by atoms with E-state index >= 15 is 0 Å². The summed E-state index contributed by atoms with van der Waals surface area (Å²) in [6, 6.07) is 10.3. The summed E-state index contributed by atoms with van der Waals surface area (Å²) in [5.41, 5.74) is 2.62. The van der Waals surface area contributed by atoms with Gasteiger partial charge in [-0.25, -0.2) is 4.98 Å². The Labute approximate surface area is 162 Å². The third-order valence-corrected chi connectivity index (χ3v) is 5.89. The molecule has 1 saturated heterocycles. The fourth-order valence-electron chi connectivity index (χ4n) is 3.53. The SMILES string of the molecule is COCCn1c(-c2nc(C(=O)N3CCC(O)CC3)cs2)cc2ccccc21. The van der Waals surface area contributed by atoms with Crippen molar-refractivity contribution in [3.05, 3.63) is 41.4 Å². The number of hydrogen-bond donors (Lipinski definition) is 1. The number of methoxy groups -OCH3 is 1. The van der Waals surface area contributed by atoms with Crippen molar-refractivity contribution in [3.63, 3.8) is 0 Å². The van der Waals surface area contributed by atoms with Gasteiger partial charge in [-0.1, -0.05) is 18.2 Å². The Morgan fingerprint density at radius 1 is 1.33 bits per heavy atom. The number of para-hydroxylation sites is 1. The molecular weight excluding hydrogens is 362 g/mol. The molecule has 27 heavy (non-hydrogen) atoms. The molecule has 7 heteroatoms.